The summed E-state index contributed by atoms with van der Waals surface area (Å²) in [5.41, 5.74) is 4.01. The van der Waals surface area contributed by atoms with Crippen LogP contribution in [0.1, 0.15) is 46.3 Å². The van der Waals surface area contributed by atoms with Crippen molar-refractivity contribution in [3.63, 3.8) is 0 Å². The van der Waals surface area contributed by atoms with Gasteiger partial charge in [0.15, 0.2) is 5.78 Å². The number of nitrogens with one attached hydrogen (secondary N) is 1. The highest BCUT2D eigenvalue weighted by Gasteiger charge is 2.21. The van der Waals surface area contributed by atoms with Crippen LogP contribution in [0.2, 0.25) is 0 Å². The zero-order valence-electron chi connectivity index (χ0n) is 12.3. The lowest BCUT2D eigenvalue weighted by Gasteiger charge is -2.16. The predicted octanol–water partition coefficient (Wildman–Crippen LogP) is 2.95. The first-order chi connectivity index (χ1) is 9.04. The number of Topliss-reactive ketones (excluding diaryl/α,β-unsaturated/α-hetero) is 1. The average molecular weight is 261 g/mol. The molecule has 1 fully saturated rings. The molecule has 1 heterocycles. The van der Waals surface area contributed by atoms with E-state index in [4.69, 9.17) is 4.74 Å². The Kier molecular flexibility index (Phi) is 4.25. The monoisotopic (exact) mass is 261 g/mol. The van der Waals surface area contributed by atoms with Gasteiger partial charge < -0.3 is 10.1 Å². The van der Waals surface area contributed by atoms with E-state index in [1.54, 1.807) is 7.11 Å². The SMILES string of the molecule is COc1c(C)cc(C(=O)CC2CCCN2)c(C)c1C. The van der Waals surface area contributed by atoms with Crippen LogP contribution in [-0.2, 0) is 0 Å². The number of aryl methyl sites for hydroxylation is 1. The third kappa shape index (κ3) is 2.81. The second-order valence-electron chi connectivity index (χ2n) is 5.44. The van der Waals surface area contributed by atoms with Crippen molar-refractivity contribution in [1.82, 2.24) is 5.32 Å². The third-order valence-corrected chi connectivity index (χ3v) is 4.12. The molecule has 3 heteroatoms. The maximum atomic E-state index is 12.4. The first-order valence-corrected chi connectivity index (χ1v) is 6.96. The lowest BCUT2D eigenvalue weighted by Crippen LogP contribution is -2.25. The molecule has 19 heavy (non-hydrogen) atoms. The summed E-state index contributed by atoms with van der Waals surface area (Å²) in [6, 6.07) is 2.33. The van der Waals surface area contributed by atoms with Gasteiger partial charge in [0.1, 0.15) is 5.75 Å². The van der Waals surface area contributed by atoms with Crippen molar-refractivity contribution in [2.45, 2.75) is 46.1 Å². The van der Waals surface area contributed by atoms with Crippen molar-refractivity contribution in [3.05, 3.63) is 28.3 Å². The van der Waals surface area contributed by atoms with Gasteiger partial charge in [-0.05, 0) is 62.9 Å². The van der Waals surface area contributed by atoms with E-state index in [-0.39, 0.29) is 5.78 Å². The van der Waals surface area contributed by atoms with Gasteiger partial charge in [0.2, 0.25) is 0 Å². The number of benzene rings is 1. The molecule has 1 aliphatic heterocycles. The van der Waals surface area contributed by atoms with Crippen molar-refractivity contribution < 1.29 is 9.53 Å². The lowest BCUT2D eigenvalue weighted by molar-refractivity contribution is 0.0971. The Morgan fingerprint density at radius 2 is 2.11 bits per heavy atom. The number of carbonyl (C=O) groups is 1. The molecule has 1 unspecified atom stereocenters. The zero-order chi connectivity index (χ0) is 14.0. The van der Waals surface area contributed by atoms with E-state index in [1.807, 2.05) is 26.8 Å². The number of carbonyl (C=O) groups excluding carboxylic acids is 1. The summed E-state index contributed by atoms with van der Waals surface area (Å²) >= 11 is 0. The predicted molar refractivity (Wildman–Crippen MR) is 77.2 cm³/mol. The Balaban J connectivity index is 2.26. The van der Waals surface area contributed by atoms with E-state index in [0.717, 1.165) is 41.0 Å². The van der Waals surface area contributed by atoms with Gasteiger partial charge in [-0.1, -0.05) is 0 Å². The minimum atomic E-state index is 0.241. The second-order valence-corrected chi connectivity index (χ2v) is 5.44. The van der Waals surface area contributed by atoms with Crippen LogP contribution in [0.5, 0.6) is 5.75 Å². The molecule has 1 aliphatic rings. The van der Waals surface area contributed by atoms with Crippen molar-refractivity contribution in [2.24, 2.45) is 0 Å². The minimum absolute atomic E-state index is 0.241. The Morgan fingerprint density at radius 3 is 2.68 bits per heavy atom. The normalized spacial score (nSPS) is 18.6. The number of ketones is 1. The molecule has 1 aromatic carbocycles. The molecule has 1 aromatic rings. The topological polar surface area (TPSA) is 38.3 Å². The highest BCUT2D eigenvalue weighted by atomic mass is 16.5. The van der Waals surface area contributed by atoms with Crippen molar-refractivity contribution in [1.29, 1.82) is 0 Å². The quantitative estimate of drug-likeness (QED) is 0.847. The summed E-state index contributed by atoms with van der Waals surface area (Å²) in [5, 5.41) is 3.38. The fraction of sp³-hybridized carbons (Fsp3) is 0.562. The average Bonchev–Trinajstić information content (AvgIpc) is 2.87. The van der Waals surface area contributed by atoms with Crippen LogP contribution in [-0.4, -0.2) is 25.5 Å². The van der Waals surface area contributed by atoms with Crippen LogP contribution >= 0.6 is 0 Å². The van der Waals surface area contributed by atoms with Gasteiger partial charge in [0.25, 0.3) is 0 Å². The smallest absolute Gasteiger partial charge is 0.164 e. The molecule has 0 saturated carbocycles. The minimum Gasteiger partial charge on any atom is -0.496 e. The summed E-state index contributed by atoms with van der Waals surface area (Å²) in [7, 11) is 1.68. The van der Waals surface area contributed by atoms with Gasteiger partial charge in [-0.3, -0.25) is 4.79 Å². The van der Waals surface area contributed by atoms with Crippen molar-refractivity contribution >= 4 is 5.78 Å². The van der Waals surface area contributed by atoms with Gasteiger partial charge in [-0.2, -0.15) is 0 Å². The summed E-state index contributed by atoms with van der Waals surface area (Å²) in [6.07, 6.45) is 2.89. The molecule has 0 aromatic heterocycles. The first-order valence-electron chi connectivity index (χ1n) is 6.96. The van der Waals surface area contributed by atoms with Crippen LogP contribution in [0.25, 0.3) is 0 Å². The highest BCUT2D eigenvalue weighted by Crippen LogP contribution is 2.29. The van der Waals surface area contributed by atoms with E-state index in [9.17, 15) is 4.79 Å². The van der Waals surface area contributed by atoms with E-state index in [0.29, 0.717) is 12.5 Å². The summed E-state index contributed by atoms with van der Waals surface area (Å²) in [4.78, 5) is 12.4. The summed E-state index contributed by atoms with van der Waals surface area (Å²) in [6.45, 7) is 7.06. The van der Waals surface area contributed by atoms with E-state index in [2.05, 4.69) is 5.32 Å². The van der Waals surface area contributed by atoms with Gasteiger partial charge >= 0.3 is 0 Å². The number of hydrogen-bond donors (Lipinski definition) is 1. The number of methoxy groups -OCH3 is 1. The van der Waals surface area contributed by atoms with E-state index < -0.39 is 0 Å². The number of ether oxygens (including phenoxy) is 1. The van der Waals surface area contributed by atoms with E-state index in [1.165, 1.54) is 6.42 Å². The third-order valence-electron chi connectivity index (χ3n) is 4.12. The maximum absolute atomic E-state index is 12.4. The zero-order valence-corrected chi connectivity index (χ0v) is 12.3. The fourth-order valence-electron chi connectivity index (χ4n) is 2.93. The van der Waals surface area contributed by atoms with Crippen LogP contribution in [0.3, 0.4) is 0 Å². The van der Waals surface area contributed by atoms with Crippen LogP contribution < -0.4 is 10.1 Å². The van der Waals surface area contributed by atoms with E-state index >= 15 is 0 Å². The van der Waals surface area contributed by atoms with Gasteiger partial charge in [-0.25, -0.2) is 0 Å². The molecule has 1 saturated heterocycles. The summed E-state index contributed by atoms with van der Waals surface area (Å²) < 4.78 is 5.40. The van der Waals surface area contributed by atoms with Crippen LogP contribution in [0.4, 0.5) is 0 Å². The molecular formula is C16H23NO2. The number of rotatable bonds is 4. The summed E-state index contributed by atoms with van der Waals surface area (Å²) in [5.74, 6) is 1.14. The molecule has 0 amide bonds. The molecule has 104 valence electrons. The fourth-order valence-corrected chi connectivity index (χ4v) is 2.93. The van der Waals surface area contributed by atoms with Crippen LogP contribution in [0, 0.1) is 20.8 Å². The Labute approximate surface area is 115 Å². The Morgan fingerprint density at radius 1 is 1.37 bits per heavy atom. The Hall–Kier alpha value is -1.35. The first kappa shape index (κ1) is 14.1. The van der Waals surface area contributed by atoms with Gasteiger partial charge in [0.05, 0.1) is 7.11 Å². The Bertz CT molecular complexity index is 488. The molecule has 3 nitrogen and oxygen atoms in total. The second kappa shape index (κ2) is 5.74. The largest absolute Gasteiger partial charge is 0.496 e. The maximum Gasteiger partial charge on any atom is 0.164 e. The molecule has 2 rings (SSSR count). The molecular weight excluding hydrogens is 238 g/mol. The molecule has 0 bridgehead atoms. The molecule has 0 aliphatic carbocycles. The molecule has 1 N–H and O–H groups in total. The molecule has 1 atom stereocenters. The molecule has 0 spiro atoms. The van der Waals surface area contributed by atoms with Gasteiger partial charge in [0, 0.05) is 18.0 Å². The van der Waals surface area contributed by atoms with Gasteiger partial charge in [-0.15, -0.1) is 0 Å². The lowest BCUT2D eigenvalue weighted by atomic mass is 9.93. The van der Waals surface area contributed by atoms with Crippen LogP contribution in [0.15, 0.2) is 6.07 Å². The standard InChI is InChI=1S/C16H23NO2/c1-10-8-14(11(2)12(3)16(10)19-4)15(18)9-13-6-5-7-17-13/h8,13,17H,5-7,9H2,1-4H3. The number of hydrogen-bond acceptors (Lipinski definition) is 3. The highest BCUT2D eigenvalue weighted by molar-refractivity contribution is 5.98. The van der Waals surface area contributed by atoms with Crippen molar-refractivity contribution in [3.8, 4) is 5.75 Å². The van der Waals surface area contributed by atoms with Crippen molar-refractivity contribution in [2.75, 3.05) is 13.7 Å². The molecule has 0 radical (unpaired) electrons.